The van der Waals surface area contributed by atoms with Crippen molar-refractivity contribution in [1.29, 1.82) is 0 Å². The molecule has 0 saturated heterocycles. The molecule has 8 nitrogen and oxygen atoms in total. The molecular formula is C10H10N4O4. The molecule has 0 bridgehead atoms. The molecule has 4 N–H and O–H groups in total. The maximum atomic E-state index is 10.9. The van der Waals surface area contributed by atoms with E-state index in [1.54, 1.807) is 0 Å². The molecule has 1 heterocycles. The van der Waals surface area contributed by atoms with E-state index < -0.39 is 11.9 Å². The van der Waals surface area contributed by atoms with E-state index in [2.05, 4.69) is 15.0 Å². The average molecular weight is 250 g/mol. The first-order chi connectivity index (χ1) is 8.43. The number of carbonyl (C=O) groups excluding carboxylic acids is 1. The molecule has 0 spiro atoms. The Morgan fingerprint density at radius 1 is 1.33 bits per heavy atom. The predicted molar refractivity (Wildman–Crippen MR) is 61.7 cm³/mol. The van der Waals surface area contributed by atoms with Gasteiger partial charge < -0.3 is 15.9 Å². The summed E-state index contributed by atoms with van der Waals surface area (Å²) in [7, 11) is 0. The third kappa shape index (κ3) is 3.11. The number of carboxylic acids is 1. The molecule has 1 aromatic rings. The number of aromatic nitrogens is 2. The Bertz CT molecular complexity index is 547. The van der Waals surface area contributed by atoms with Gasteiger partial charge in [-0.3, -0.25) is 4.79 Å². The maximum Gasteiger partial charge on any atom is 0.358 e. The molecule has 0 radical (unpaired) electrons. The number of aliphatic imine (C=N–C) groups is 1. The molecule has 0 atom stereocenters. The summed E-state index contributed by atoms with van der Waals surface area (Å²) in [6.07, 6.45) is 3.39. The Morgan fingerprint density at radius 3 is 2.44 bits per heavy atom. The number of aliphatic hydroxyl groups is 1. The van der Waals surface area contributed by atoms with Crippen LogP contribution in [0.4, 0.5) is 5.82 Å². The summed E-state index contributed by atoms with van der Waals surface area (Å²) in [4.78, 5) is 32.7. The number of hydrogen-bond donors (Lipinski definition) is 3. The highest BCUT2D eigenvalue weighted by Gasteiger charge is 2.12. The van der Waals surface area contributed by atoms with E-state index in [0.29, 0.717) is 0 Å². The fraction of sp³-hybridized carbons (Fsp3) is 0.100. The van der Waals surface area contributed by atoms with E-state index >= 15 is 0 Å². The first-order valence-electron chi connectivity index (χ1n) is 4.71. The van der Waals surface area contributed by atoms with E-state index in [0.717, 1.165) is 6.21 Å². The number of carboxylic acid groups (broad SMARTS) is 1. The van der Waals surface area contributed by atoms with Crippen LogP contribution in [-0.2, 0) is 4.79 Å². The van der Waals surface area contributed by atoms with E-state index in [1.807, 2.05) is 0 Å². The highest BCUT2D eigenvalue weighted by Crippen LogP contribution is 2.12. The maximum absolute atomic E-state index is 10.9. The van der Waals surface area contributed by atoms with Gasteiger partial charge in [-0.1, -0.05) is 0 Å². The van der Waals surface area contributed by atoms with Crippen molar-refractivity contribution in [3.63, 3.8) is 0 Å². The number of carbonyl (C=O) groups is 2. The number of primary amides is 1. The van der Waals surface area contributed by atoms with Gasteiger partial charge in [0.05, 0.1) is 5.57 Å². The van der Waals surface area contributed by atoms with Gasteiger partial charge in [0.1, 0.15) is 5.76 Å². The van der Waals surface area contributed by atoms with E-state index in [4.69, 9.17) is 10.8 Å². The third-order valence-electron chi connectivity index (χ3n) is 1.85. The minimum atomic E-state index is -1.31. The number of aliphatic hydroxyl groups excluding tert-OH is 1. The van der Waals surface area contributed by atoms with Crippen LogP contribution in [0.3, 0.4) is 0 Å². The minimum absolute atomic E-state index is 0.190. The van der Waals surface area contributed by atoms with Gasteiger partial charge >= 0.3 is 5.97 Å². The van der Waals surface area contributed by atoms with Crippen LogP contribution in [0.5, 0.6) is 0 Å². The Balaban J connectivity index is 3.16. The third-order valence-corrected chi connectivity index (χ3v) is 1.85. The number of allylic oxidation sites excluding steroid dienone is 1. The molecule has 0 unspecified atom stereocenters. The summed E-state index contributed by atoms with van der Waals surface area (Å²) in [5.41, 5.74) is 4.39. The summed E-state index contributed by atoms with van der Waals surface area (Å²) >= 11 is 0. The standard InChI is InChI=1S/C10H10N4O4/c1-5(15)6(8(11)16)4-14-9-7(10(17)18)12-2-3-13-9/h2-4,15H,1H3,(H2,11,16)(H,17,18)/b6-5+,14-4?. The molecule has 0 saturated carbocycles. The number of amides is 1. The number of nitrogens with zero attached hydrogens (tertiary/aromatic N) is 3. The quantitative estimate of drug-likeness (QED) is 0.396. The van der Waals surface area contributed by atoms with E-state index in [-0.39, 0.29) is 22.8 Å². The van der Waals surface area contributed by atoms with Crippen LogP contribution in [0, 0.1) is 0 Å². The van der Waals surface area contributed by atoms with Crippen molar-refractivity contribution < 1.29 is 19.8 Å². The topological polar surface area (TPSA) is 139 Å². The summed E-state index contributed by atoms with van der Waals surface area (Å²) < 4.78 is 0. The first-order valence-corrected chi connectivity index (χ1v) is 4.71. The van der Waals surface area contributed by atoms with Crippen molar-refractivity contribution in [3.8, 4) is 0 Å². The average Bonchev–Trinajstić information content (AvgIpc) is 2.28. The van der Waals surface area contributed by atoms with Gasteiger partial charge in [0.25, 0.3) is 5.91 Å². The Hall–Kier alpha value is -2.77. The molecule has 0 aliphatic rings. The lowest BCUT2D eigenvalue weighted by Gasteiger charge is -1.99. The zero-order valence-electron chi connectivity index (χ0n) is 9.36. The van der Waals surface area contributed by atoms with Gasteiger partial charge in [0.15, 0.2) is 11.5 Å². The van der Waals surface area contributed by atoms with Crippen molar-refractivity contribution in [2.24, 2.45) is 10.7 Å². The van der Waals surface area contributed by atoms with Crippen LogP contribution < -0.4 is 5.73 Å². The van der Waals surface area contributed by atoms with Crippen LogP contribution in [0.2, 0.25) is 0 Å². The van der Waals surface area contributed by atoms with Crippen molar-refractivity contribution in [2.45, 2.75) is 6.92 Å². The van der Waals surface area contributed by atoms with E-state index in [9.17, 15) is 14.7 Å². The molecule has 8 heteroatoms. The summed E-state index contributed by atoms with van der Waals surface area (Å²) in [5, 5.41) is 18.0. The smallest absolute Gasteiger partial charge is 0.358 e. The van der Waals surface area contributed by atoms with Crippen molar-refractivity contribution >= 4 is 23.9 Å². The van der Waals surface area contributed by atoms with Crippen molar-refractivity contribution in [3.05, 3.63) is 29.4 Å². The van der Waals surface area contributed by atoms with Crippen LogP contribution in [0.15, 0.2) is 28.7 Å². The normalized spacial score (nSPS) is 12.3. The first kappa shape index (κ1) is 13.3. The monoisotopic (exact) mass is 250 g/mol. The van der Waals surface area contributed by atoms with Gasteiger partial charge in [0, 0.05) is 18.6 Å². The van der Waals surface area contributed by atoms with Gasteiger partial charge in [-0.2, -0.15) is 0 Å². The number of rotatable bonds is 4. The zero-order valence-corrected chi connectivity index (χ0v) is 9.36. The SMILES string of the molecule is C/C(O)=C(/C=Nc1nccnc1C(=O)O)C(N)=O. The van der Waals surface area contributed by atoms with E-state index in [1.165, 1.54) is 19.3 Å². The van der Waals surface area contributed by atoms with Crippen molar-refractivity contribution in [2.75, 3.05) is 0 Å². The fourth-order valence-electron chi connectivity index (χ4n) is 1.04. The second-order valence-corrected chi connectivity index (χ2v) is 3.16. The van der Waals surface area contributed by atoms with Gasteiger partial charge in [-0.25, -0.2) is 19.8 Å². The lowest BCUT2D eigenvalue weighted by Crippen LogP contribution is -2.16. The molecule has 0 aliphatic carbocycles. The van der Waals surface area contributed by atoms with Crippen LogP contribution in [-0.4, -0.2) is 38.3 Å². The molecule has 94 valence electrons. The lowest BCUT2D eigenvalue weighted by atomic mass is 10.2. The van der Waals surface area contributed by atoms with Gasteiger partial charge in [-0.15, -0.1) is 0 Å². The van der Waals surface area contributed by atoms with Gasteiger partial charge in [-0.05, 0) is 6.92 Å². The minimum Gasteiger partial charge on any atom is -0.512 e. The number of aromatic carboxylic acids is 1. The molecule has 18 heavy (non-hydrogen) atoms. The predicted octanol–water partition coefficient (Wildman–Crippen LogP) is 0.194. The highest BCUT2D eigenvalue weighted by molar-refractivity contribution is 6.12. The van der Waals surface area contributed by atoms with Crippen LogP contribution >= 0.6 is 0 Å². The fourth-order valence-corrected chi connectivity index (χ4v) is 1.04. The molecule has 0 aromatic carbocycles. The Kier molecular flexibility index (Phi) is 4.08. The Labute approximate surface area is 102 Å². The Morgan fingerprint density at radius 2 is 1.94 bits per heavy atom. The largest absolute Gasteiger partial charge is 0.512 e. The second kappa shape index (κ2) is 5.53. The molecule has 0 fully saturated rings. The molecule has 1 amide bonds. The molecule has 1 aromatic heterocycles. The summed E-state index contributed by atoms with van der Waals surface area (Å²) in [6.45, 7) is 1.25. The lowest BCUT2D eigenvalue weighted by molar-refractivity contribution is -0.114. The summed E-state index contributed by atoms with van der Waals surface area (Å²) in [5.74, 6) is -2.71. The van der Waals surface area contributed by atoms with Gasteiger partial charge in [0.2, 0.25) is 0 Å². The number of hydrogen-bond acceptors (Lipinski definition) is 6. The van der Waals surface area contributed by atoms with Crippen LogP contribution in [0.1, 0.15) is 17.4 Å². The molecule has 1 rings (SSSR count). The second-order valence-electron chi connectivity index (χ2n) is 3.16. The number of nitrogens with two attached hydrogens (primary N) is 1. The summed E-state index contributed by atoms with van der Waals surface area (Å²) in [6, 6.07) is 0. The highest BCUT2D eigenvalue weighted by atomic mass is 16.4. The van der Waals surface area contributed by atoms with Crippen molar-refractivity contribution in [1.82, 2.24) is 9.97 Å². The zero-order chi connectivity index (χ0) is 13.7. The molecular weight excluding hydrogens is 240 g/mol. The molecule has 0 aliphatic heterocycles. The van der Waals surface area contributed by atoms with Crippen LogP contribution in [0.25, 0.3) is 0 Å².